The molecule has 0 aliphatic rings. The summed E-state index contributed by atoms with van der Waals surface area (Å²) in [5, 5.41) is 12.3. The molecule has 0 saturated carbocycles. The Morgan fingerprint density at radius 2 is 1.00 bits per heavy atom. The van der Waals surface area contributed by atoms with E-state index >= 15 is 0 Å². The number of fused-ring (bicyclic) bond motifs is 14. The van der Waals surface area contributed by atoms with Crippen molar-refractivity contribution in [3.8, 4) is 39.6 Å². The molecule has 0 radical (unpaired) electrons. The highest BCUT2D eigenvalue weighted by molar-refractivity contribution is 7.27. The molecule has 0 fully saturated rings. The van der Waals surface area contributed by atoms with Gasteiger partial charge in [0.2, 0.25) is 5.95 Å². The van der Waals surface area contributed by atoms with E-state index in [1.54, 1.807) is 0 Å². The number of benzene rings is 9. The Morgan fingerprint density at radius 3 is 1.85 bits per heavy atom. The molecule has 5 heteroatoms. The zero-order valence-corrected chi connectivity index (χ0v) is 33.2. The van der Waals surface area contributed by atoms with Crippen LogP contribution in [0.25, 0.3) is 123 Å². The zero-order valence-electron chi connectivity index (χ0n) is 31.6. The molecular formula is C54H31N3S2. The molecule has 3 nitrogen and oxygen atoms in total. The number of hydrogen-bond acceptors (Lipinski definition) is 4. The first-order valence-electron chi connectivity index (χ1n) is 19.9. The molecule has 13 rings (SSSR count). The minimum Gasteiger partial charge on any atom is -0.277 e. The molecule has 9 aromatic carbocycles. The lowest BCUT2D eigenvalue weighted by Gasteiger charge is -2.14. The van der Waals surface area contributed by atoms with Gasteiger partial charge in [0.05, 0.1) is 22.4 Å². The van der Waals surface area contributed by atoms with Crippen molar-refractivity contribution in [3.05, 3.63) is 188 Å². The maximum Gasteiger partial charge on any atom is 0.235 e. The summed E-state index contributed by atoms with van der Waals surface area (Å²) >= 11 is 3.73. The van der Waals surface area contributed by atoms with Gasteiger partial charge in [0.15, 0.2) is 0 Å². The van der Waals surface area contributed by atoms with Crippen LogP contribution in [0, 0.1) is 0 Å². The normalized spacial score (nSPS) is 12.1. The van der Waals surface area contributed by atoms with Gasteiger partial charge in [-0.15, -0.1) is 22.7 Å². The minimum absolute atomic E-state index is 0.653. The highest BCUT2D eigenvalue weighted by Gasteiger charge is 2.24. The Hall–Kier alpha value is -7.18. The van der Waals surface area contributed by atoms with Crippen LogP contribution in [-0.2, 0) is 0 Å². The van der Waals surface area contributed by atoms with Gasteiger partial charge in [-0.1, -0.05) is 146 Å². The van der Waals surface area contributed by atoms with Crippen LogP contribution in [0.15, 0.2) is 188 Å². The maximum absolute atomic E-state index is 5.57. The summed E-state index contributed by atoms with van der Waals surface area (Å²) in [5.41, 5.74) is 8.51. The van der Waals surface area contributed by atoms with Gasteiger partial charge in [0.25, 0.3) is 0 Å². The molecule has 0 N–H and O–H groups in total. The van der Waals surface area contributed by atoms with Gasteiger partial charge in [0, 0.05) is 67.6 Å². The van der Waals surface area contributed by atoms with Crippen LogP contribution in [0.4, 0.5) is 0 Å². The Balaban J connectivity index is 1.18. The highest BCUT2D eigenvalue weighted by atomic mass is 32.1. The van der Waals surface area contributed by atoms with Gasteiger partial charge < -0.3 is 0 Å². The summed E-state index contributed by atoms with van der Waals surface area (Å²) in [6.07, 6.45) is 0. The number of hydrogen-bond donors (Lipinski definition) is 0. The first-order valence-corrected chi connectivity index (χ1v) is 21.5. The molecule has 4 aromatic heterocycles. The summed E-state index contributed by atoms with van der Waals surface area (Å²) in [5.74, 6) is 0.653. The predicted molar refractivity (Wildman–Crippen MR) is 253 cm³/mol. The maximum atomic E-state index is 5.57. The fourth-order valence-electron chi connectivity index (χ4n) is 9.34. The summed E-state index contributed by atoms with van der Waals surface area (Å²) in [4.78, 5) is 11.1. The average Bonchev–Trinajstić information content (AvgIpc) is 3.98. The van der Waals surface area contributed by atoms with E-state index in [0.717, 1.165) is 38.9 Å². The largest absolute Gasteiger partial charge is 0.277 e. The third-order valence-electron chi connectivity index (χ3n) is 12.0. The molecule has 0 aliphatic heterocycles. The number of aromatic nitrogens is 3. The standard InChI is InChI=1S/C54H31N3S2/c1-2-14-33(15-3-1)44-31-45(37-22-12-16-32-13-4-5-17-36(32)37)56-54(55-44)57-46-27-25-34(35-26-28-49-42(29-35)38-18-8-10-23-47(38)58-49)30-43(46)50-39-19-6-7-20-40(39)53-51(52(50)57)41-21-9-11-24-48(41)59-53/h1-31H. The van der Waals surface area contributed by atoms with Crippen molar-refractivity contribution in [2.45, 2.75) is 0 Å². The monoisotopic (exact) mass is 785 g/mol. The molecule has 59 heavy (non-hydrogen) atoms. The highest BCUT2D eigenvalue weighted by Crippen LogP contribution is 2.49. The van der Waals surface area contributed by atoms with Crippen LogP contribution >= 0.6 is 22.7 Å². The third kappa shape index (κ3) is 4.93. The second-order valence-electron chi connectivity index (χ2n) is 15.3. The molecule has 4 heterocycles. The van der Waals surface area contributed by atoms with E-state index < -0.39 is 0 Å². The molecular weight excluding hydrogens is 755 g/mol. The number of nitrogens with zero attached hydrogens (tertiary/aromatic N) is 3. The Labute approximate surface area is 346 Å². The summed E-state index contributed by atoms with van der Waals surface area (Å²) in [6, 6.07) is 68.2. The third-order valence-corrected chi connectivity index (χ3v) is 14.4. The Kier molecular flexibility index (Phi) is 7.05. The van der Waals surface area contributed by atoms with E-state index in [0.29, 0.717) is 5.95 Å². The molecule has 13 aromatic rings. The molecule has 0 spiro atoms. The molecule has 0 aliphatic carbocycles. The lowest BCUT2D eigenvalue weighted by atomic mass is 9.97. The first-order chi connectivity index (χ1) is 29.2. The van der Waals surface area contributed by atoms with E-state index in [9.17, 15) is 0 Å². The van der Waals surface area contributed by atoms with Crippen molar-refractivity contribution in [2.24, 2.45) is 0 Å². The van der Waals surface area contributed by atoms with Gasteiger partial charge in [-0.3, -0.25) is 4.57 Å². The second kappa shape index (κ2) is 12.7. The summed E-state index contributed by atoms with van der Waals surface area (Å²) in [7, 11) is 0. The average molecular weight is 786 g/mol. The smallest absolute Gasteiger partial charge is 0.235 e. The van der Waals surface area contributed by atoms with Gasteiger partial charge in [-0.25, -0.2) is 9.97 Å². The topological polar surface area (TPSA) is 30.7 Å². The van der Waals surface area contributed by atoms with Crippen molar-refractivity contribution in [1.82, 2.24) is 14.5 Å². The van der Waals surface area contributed by atoms with Crippen LogP contribution in [0.1, 0.15) is 0 Å². The van der Waals surface area contributed by atoms with Crippen LogP contribution in [0.3, 0.4) is 0 Å². The fraction of sp³-hybridized carbons (Fsp3) is 0. The lowest BCUT2D eigenvalue weighted by Crippen LogP contribution is -2.04. The zero-order chi connectivity index (χ0) is 38.6. The van der Waals surface area contributed by atoms with Crippen molar-refractivity contribution in [2.75, 3.05) is 0 Å². The molecule has 274 valence electrons. The number of thiophene rings is 2. The molecule has 0 saturated heterocycles. The van der Waals surface area contributed by atoms with Crippen molar-refractivity contribution >= 4 is 106 Å². The van der Waals surface area contributed by atoms with Gasteiger partial charge in [-0.05, 0) is 69.8 Å². The van der Waals surface area contributed by atoms with Crippen molar-refractivity contribution in [3.63, 3.8) is 0 Å². The fourth-order valence-corrected chi connectivity index (χ4v) is 11.7. The second-order valence-corrected chi connectivity index (χ2v) is 17.4. The van der Waals surface area contributed by atoms with Gasteiger partial charge in [-0.2, -0.15) is 0 Å². The van der Waals surface area contributed by atoms with Crippen molar-refractivity contribution < 1.29 is 0 Å². The quantitative estimate of drug-likeness (QED) is 0.178. The SMILES string of the molecule is c1ccc(-c2cc(-c3cccc4ccccc34)nc(-n3c4ccc(-c5ccc6sc7ccccc7c6c5)cc4c4c5ccccc5c5sc6ccccc6c5c43)n2)cc1. The number of rotatable bonds is 4. The summed E-state index contributed by atoms with van der Waals surface area (Å²) < 4.78 is 7.53. The molecule has 0 atom stereocenters. The van der Waals surface area contributed by atoms with Crippen LogP contribution < -0.4 is 0 Å². The van der Waals surface area contributed by atoms with Crippen molar-refractivity contribution in [1.29, 1.82) is 0 Å². The molecule has 0 amide bonds. The lowest BCUT2D eigenvalue weighted by molar-refractivity contribution is 0.999. The van der Waals surface area contributed by atoms with E-state index in [1.807, 2.05) is 22.7 Å². The van der Waals surface area contributed by atoms with E-state index in [4.69, 9.17) is 9.97 Å². The van der Waals surface area contributed by atoms with Crippen LogP contribution in [0.5, 0.6) is 0 Å². The van der Waals surface area contributed by atoms with Crippen LogP contribution in [-0.4, -0.2) is 14.5 Å². The Bertz CT molecular complexity index is 3850. The van der Waals surface area contributed by atoms with Crippen LogP contribution in [0.2, 0.25) is 0 Å². The summed E-state index contributed by atoms with van der Waals surface area (Å²) in [6.45, 7) is 0. The Morgan fingerprint density at radius 1 is 0.373 bits per heavy atom. The van der Waals surface area contributed by atoms with E-state index in [-0.39, 0.29) is 0 Å². The molecule has 0 bridgehead atoms. The van der Waals surface area contributed by atoms with Gasteiger partial charge >= 0.3 is 0 Å². The van der Waals surface area contributed by atoms with E-state index in [1.165, 1.54) is 78.4 Å². The minimum atomic E-state index is 0.653. The van der Waals surface area contributed by atoms with Gasteiger partial charge in [0.1, 0.15) is 0 Å². The molecule has 0 unspecified atom stereocenters. The van der Waals surface area contributed by atoms with E-state index in [2.05, 4.69) is 193 Å². The first kappa shape index (κ1) is 32.9. The predicted octanol–water partition coefficient (Wildman–Crippen LogP) is 15.6.